The van der Waals surface area contributed by atoms with E-state index in [1.165, 1.54) is 29.4 Å². The van der Waals surface area contributed by atoms with Crippen LogP contribution in [0.1, 0.15) is 42.1 Å². The summed E-state index contributed by atoms with van der Waals surface area (Å²) in [6, 6.07) is 5.92. The molecule has 1 N–H and O–H groups in total. The van der Waals surface area contributed by atoms with Crippen LogP contribution in [0, 0.1) is 29.6 Å². The van der Waals surface area contributed by atoms with Crippen molar-refractivity contribution in [2.45, 2.75) is 38.0 Å². The first-order valence-electron chi connectivity index (χ1n) is 8.93. The van der Waals surface area contributed by atoms with Gasteiger partial charge >= 0.3 is 5.97 Å². The molecule has 28 heavy (non-hydrogen) atoms. The van der Waals surface area contributed by atoms with E-state index in [1.54, 1.807) is 13.0 Å². The van der Waals surface area contributed by atoms with Crippen LogP contribution in [-0.2, 0) is 19.6 Å². The molecule has 1 fully saturated rings. The summed E-state index contributed by atoms with van der Waals surface area (Å²) in [5.74, 6) is -2.81. The van der Waals surface area contributed by atoms with Gasteiger partial charge in [0.1, 0.15) is 5.92 Å². The van der Waals surface area contributed by atoms with Crippen molar-refractivity contribution in [2.75, 3.05) is 19.7 Å². The Labute approximate surface area is 164 Å². The minimum Gasteiger partial charge on any atom is -0.454 e. The number of ketones is 1. The Balaban J connectivity index is 2.18. The van der Waals surface area contributed by atoms with Gasteiger partial charge in [-0.15, -0.1) is 0 Å². The number of benzene rings is 1. The largest absolute Gasteiger partial charge is 0.454 e. The van der Waals surface area contributed by atoms with Gasteiger partial charge in [0.15, 0.2) is 12.4 Å². The number of esters is 1. The molecule has 1 atom stereocenters. The lowest BCUT2D eigenvalue weighted by atomic mass is 10.0. The van der Waals surface area contributed by atoms with Crippen molar-refractivity contribution in [2.24, 2.45) is 5.92 Å². The van der Waals surface area contributed by atoms with E-state index in [9.17, 15) is 18.0 Å². The number of aryl methyl sites for hydroxylation is 1. The molecular weight excluding hydrogens is 382 g/mol. The first-order valence-corrected chi connectivity index (χ1v) is 10.4. The first kappa shape index (κ1) is 21.7. The summed E-state index contributed by atoms with van der Waals surface area (Å²) in [6.45, 7) is 3.20. The normalized spacial score (nSPS) is 16.0. The monoisotopic (exact) mass is 405 g/mol. The third-order valence-electron chi connectivity index (χ3n) is 4.61. The van der Waals surface area contributed by atoms with Crippen molar-refractivity contribution in [3.63, 3.8) is 0 Å². The fraction of sp³-hybridized carbons (Fsp3) is 0.474. The topological polar surface area (TPSA) is 128 Å². The molecule has 1 aromatic carbocycles. The average molecular weight is 405 g/mol. The van der Waals surface area contributed by atoms with Crippen LogP contribution >= 0.6 is 0 Å². The summed E-state index contributed by atoms with van der Waals surface area (Å²) in [6.07, 6.45) is 2.59. The van der Waals surface area contributed by atoms with Gasteiger partial charge in [0.2, 0.25) is 10.0 Å². The van der Waals surface area contributed by atoms with Crippen LogP contribution < -0.4 is 0 Å². The SMILES string of the molecule is CC(=N)[C@@H](C#N)C(=O)COC(=O)c1cc(S(=O)(=O)N2CCCCC2)ccc1C. The van der Waals surface area contributed by atoms with Crippen LogP contribution in [0.4, 0.5) is 0 Å². The van der Waals surface area contributed by atoms with Crippen LogP contribution in [0.2, 0.25) is 0 Å². The minimum absolute atomic E-state index is 0.00325. The maximum absolute atomic E-state index is 12.8. The molecule has 0 saturated carbocycles. The summed E-state index contributed by atoms with van der Waals surface area (Å²) in [5.41, 5.74) is 0.426. The number of piperidine rings is 1. The quantitative estimate of drug-likeness (QED) is 0.546. The summed E-state index contributed by atoms with van der Waals surface area (Å²) < 4.78 is 32.0. The average Bonchev–Trinajstić information content (AvgIpc) is 2.67. The zero-order valence-electron chi connectivity index (χ0n) is 15.9. The van der Waals surface area contributed by atoms with E-state index < -0.39 is 34.3 Å². The molecule has 0 bridgehead atoms. The first-order chi connectivity index (χ1) is 13.2. The molecular formula is C19H23N3O5S. The number of rotatable bonds is 7. The third-order valence-corrected chi connectivity index (χ3v) is 6.51. The Morgan fingerprint density at radius 1 is 1.29 bits per heavy atom. The van der Waals surface area contributed by atoms with Gasteiger partial charge in [-0.1, -0.05) is 12.5 Å². The standard InChI is InChI=1S/C19H23N3O5S/c1-13-6-7-15(28(25,26)22-8-4-3-5-9-22)10-16(13)19(24)27-12-18(23)17(11-20)14(2)21/h6-7,10,17,21H,3-5,8-9,12H2,1-2H3/t17-/m1/s1. The third kappa shape index (κ3) is 4.82. The second-order valence-corrected chi connectivity index (χ2v) is 8.67. The molecule has 1 aliphatic heterocycles. The number of carbonyl (C=O) groups is 2. The Hall–Kier alpha value is -2.57. The van der Waals surface area contributed by atoms with Crippen LogP contribution in [0.3, 0.4) is 0 Å². The molecule has 0 amide bonds. The number of Topliss-reactive ketones (excluding diaryl/α,β-unsaturated/α-hetero) is 1. The number of nitrogens with zero attached hydrogens (tertiary/aromatic N) is 2. The van der Waals surface area contributed by atoms with Gasteiger partial charge in [-0.2, -0.15) is 9.57 Å². The number of nitriles is 1. The fourth-order valence-electron chi connectivity index (χ4n) is 2.94. The van der Waals surface area contributed by atoms with E-state index >= 15 is 0 Å². The van der Waals surface area contributed by atoms with E-state index in [2.05, 4.69) is 0 Å². The van der Waals surface area contributed by atoms with E-state index in [4.69, 9.17) is 15.4 Å². The Morgan fingerprint density at radius 3 is 2.50 bits per heavy atom. The predicted molar refractivity (Wildman–Crippen MR) is 102 cm³/mol. The zero-order valence-corrected chi connectivity index (χ0v) is 16.7. The van der Waals surface area contributed by atoms with Crippen molar-refractivity contribution < 1.29 is 22.7 Å². The summed E-state index contributed by atoms with van der Waals surface area (Å²) >= 11 is 0. The molecule has 0 aromatic heterocycles. The maximum Gasteiger partial charge on any atom is 0.338 e. The summed E-state index contributed by atoms with van der Waals surface area (Å²) in [4.78, 5) is 24.3. The lowest BCUT2D eigenvalue weighted by Crippen LogP contribution is -2.35. The van der Waals surface area contributed by atoms with Gasteiger partial charge in [0, 0.05) is 18.8 Å². The van der Waals surface area contributed by atoms with E-state index in [1.807, 2.05) is 0 Å². The van der Waals surface area contributed by atoms with E-state index in [-0.39, 0.29) is 16.2 Å². The molecule has 0 aliphatic carbocycles. The van der Waals surface area contributed by atoms with Crippen molar-refractivity contribution >= 4 is 27.5 Å². The van der Waals surface area contributed by atoms with Gasteiger partial charge in [-0.25, -0.2) is 13.2 Å². The van der Waals surface area contributed by atoms with Gasteiger partial charge in [0.25, 0.3) is 0 Å². The number of hydrogen-bond donors (Lipinski definition) is 1. The highest BCUT2D eigenvalue weighted by Crippen LogP contribution is 2.23. The minimum atomic E-state index is -3.71. The lowest BCUT2D eigenvalue weighted by molar-refractivity contribution is -0.122. The molecule has 0 spiro atoms. The molecule has 9 heteroatoms. The number of ether oxygens (including phenoxy) is 1. The van der Waals surface area contributed by atoms with Crippen molar-refractivity contribution in [3.8, 4) is 6.07 Å². The number of sulfonamides is 1. The van der Waals surface area contributed by atoms with Crippen molar-refractivity contribution in [3.05, 3.63) is 29.3 Å². The summed E-state index contributed by atoms with van der Waals surface area (Å²) in [7, 11) is -3.71. The van der Waals surface area contributed by atoms with Crippen molar-refractivity contribution in [1.82, 2.24) is 4.31 Å². The van der Waals surface area contributed by atoms with Crippen LogP contribution in [0.15, 0.2) is 23.1 Å². The number of hydrogen-bond acceptors (Lipinski definition) is 7. The molecule has 2 rings (SSSR count). The Morgan fingerprint density at radius 2 is 1.93 bits per heavy atom. The predicted octanol–water partition coefficient (Wildman–Crippen LogP) is 2.07. The molecule has 1 saturated heterocycles. The molecule has 8 nitrogen and oxygen atoms in total. The summed E-state index contributed by atoms with van der Waals surface area (Å²) in [5, 5.41) is 16.3. The molecule has 0 radical (unpaired) electrons. The van der Waals surface area contributed by atoms with E-state index in [0.29, 0.717) is 18.7 Å². The number of nitrogens with one attached hydrogen (secondary N) is 1. The van der Waals surface area contributed by atoms with Crippen LogP contribution in [0.5, 0.6) is 0 Å². The lowest BCUT2D eigenvalue weighted by Gasteiger charge is -2.26. The zero-order chi connectivity index (χ0) is 20.9. The highest BCUT2D eigenvalue weighted by Gasteiger charge is 2.28. The van der Waals surface area contributed by atoms with Gasteiger partial charge in [0.05, 0.1) is 16.5 Å². The van der Waals surface area contributed by atoms with Gasteiger partial charge in [-0.05, 0) is 44.4 Å². The van der Waals surface area contributed by atoms with E-state index in [0.717, 1.165) is 19.3 Å². The molecule has 150 valence electrons. The molecule has 1 heterocycles. The highest BCUT2D eigenvalue weighted by molar-refractivity contribution is 7.89. The van der Waals surface area contributed by atoms with Gasteiger partial charge in [-0.3, -0.25) is 4.79 Å². The highest BCUT2D eigenvalue weighted by atomic mass is 32.2. The molecule has 1 aromatic rings. The Bertz CT molecular complexity index is 927. The van der Waals surface area contributed by atoms with Crippen molar-refractivity contribution in [1.29, 1.82) is 10.7 Å². The second-order valence-electron chi connectivity index (χ2n) is 6.73. The second kappa shape index (κ2) is 9.08. The van der Waals surface area contributed by atoms with Crippen LogP contribution in [-0.4, -0.2) is 49.9 Å². The number of carbonyl (C=O) groups excluding carboxylic acids is 2. The smallest absolute Gasteiger partial charge is 0.338 e. The Kier molecular flexibility index (Phi) is 7.05. The molecule has 0 unspecified atom stereocenters. The molecule has 1 aliphatic rings. The van der Waals surface area contributed by atoms with Crippen LogP contribution in [0.25, 0.3) is 0 Å². The fourth-order valence-corrected chi connectivity index (χ4v) is 4.49. The van der Waals surface area contributed by atoms with Gasteiger partial charge < -0.3 is 10.1 Å². The maximum atomic E-state index is 12.8.